The summed E-state index contributed by atoms with van der Waals surface area (Å²) >= 11 is 1.26. The van der Waals surface area contributed by atoms with Crippen LogP contribution in [0, 0.1) is 0 Å². The van der Waals surface area contributed by atoms with Crippen LogP contribution >= 0.6 is 11.3 Å². The molecule has 0 aliphatic carbocycles. The van der Waals surface area contributed by atoms with Crippen LogP contribution in [0.25, 0.3) is 0 Å². The van der Waals surface area contributed by atoms with E-state index in [0.29, 0.717) is 5.13 Å². The fourth-order valence-corrected chi connectivity index (χ4v) is 2.24. The third kappa shape index (κ3) is 2.65. The average molecular weight is 235 g/mol. The molecule has 0 amide bonds. The van der Waals surface area contributed by atoms with E-state index in [4.69, 9.17) is 0 Å². The summed E-state index contributed by atoms with van der Waals surface area (Å²) in [5.41, 5.74) is 0. The Morgan fingerprint density at radius 2 is 2.07 bits per heavy atom. The molecule has 1 aromatic heterocycles. The lowest BCUT2D eigenvalue weighted by Crippen LogP contribution is -2.22. The molecule has 1 aromatic rings. The zero-order valence-corrected chi connectivity index (χ0v) is 9.94. The number of rotatable bonds is 4. The van der Waals surface area contributed by atoms with Crippen LogP contribution in [0.5, 0.6) is 0 Å². The quantitative estimate of drug-likeness (QED) is 0.852. The minimum absolute atomic E-state index is 0.343. The first kappa shape index (κ1) is 11.4. The molecule has 14 heavy (non-hydrogen) atoms. The average Bonchev–Trinajstić information content (AvgIpc) is 2.51. The Hall–Kier alpha value is -0.690. The van der Waals surface area contributed by atoms with E-state index >= 15 is 0 Å². The molecule has 1 heterocycles. The van der Waals surface area contributed by atoms with Gasteiger partial charge in [0.05, 0.1) is 5.25 Å². The molecule has 0 fully saturated rings. The van der Waals surface area contributed by atoms with E-state index < -0.39 is 15.3 Å². The first-order valence-electron chi connectivity index (χ1n) is 4.29. The molecule has 0 atom stereocenters. The Balaban J connectivity index is 2.79. The van der Waals surface area contributed by atoms with Gasteiger partial charge in [0.1, 0.15) is 5.01 Å². The second-order valence-corrected chi connectivity index (χ2v) is 6.35. The summed E-state index contributed by atoms with van der Waals surface area (Å²) < 4.78 is 25.2. The lowest BCUT2D eigenvalue weighted by atomic mass is 10.5. The van der Waals surface area contributed by atoms with Gasteiger partial charge >= 0.3 is 0 Å². The van der Waals surface area contributed by atoms with Crippen LogP contribution in [0.2, 0.25) is 0 Å². The maximum absolute atomic E-state index is 11.4. The number of aryl methyl sites for hydroxylation is 1. The molecule has 0 aliphatic rings. The van der Waals surface area contributed by atoms with Crippen LogP contribution < -0.4 is 4.72 Å². The van der Waals surface area contributed by atoms with E-state index in [9.17, 15) is 8.42 Å². The van der Waals surface area contributed by atoms with Gasteiger partial charge in [-0.3, -0.25) is 4.72 Å². The molecule has 0 saturated heterocycles. The minimum atomic E-state index is -3.29. The molecule has 0 radical (unpaired) electrons. The molecule has 0 bridgehead atoms. The van der Waals surface area contributed by atoms with E-state index in [-0.39, 0.29) is 0 Å². The van der Waals surface area contributed by atoms with Crippen molar-refractivity contribution in [1.82, 2.24) is 10.2 Å². The van der Waals surface area contributed by atoms with Crippen LogP contribution in [-0.4, -0.2) is 23.9 Å². The zero-order chi connectivity index (χ0) is 10.8. The molecule has 0 spiro atoms. The lowest BCUT2D eigenvalue weighted by Gasteiger charge is -2.06. The van der Waals surface area contributed by atoms with E-state index in [1.165, 1.54) is 11.3 Å². The number of sulfonamides is 1. The van der Waals surface area contributed by atoms with Crippen molar-refractivity contribution in [2.24, 2.45) is 0 Å². The number of nitrogens with zero attached hydrogens (tertiary/aromatic N) is 2. The van der Waals surface area contributed by atoms with E-state index in [0.717, 1.165) is 11.4 Å². The van der Waals surface area contributed by atoms with Crippen LogP contribution in [0.4, 0.5) is 5.13 Å². The molecule has 7 heteroatoms. The van der Waals surface area contributed by atoms with Crippen molar-refractivity contribution in [1.29, 1.82) is 0 Å². The van der Waals surface area contributed by atoms with Crippen molar-refractivity contribution in [2.45, 2.75) is 32.4 Å². The van der Waals surface area contributed by atoms with Crippen molar-refractivity contribution in [3.8, 4) is 0 Å². The molecular weight excluding hydrogens is 222 g/mol. The van der Waals surface area contributed by atoms with Gasteiger partial charge in [0, 0.05) is 0 Å². The molecule has 5 nitrogen and oxygen atoms in total. The van der Waals surface area contributed by atoms with Gasteiger partial charge in [-0.15, -0.1) is 10.2 Å². The normalized spacial score (nSPS) is 12.0. The van der Waals surface area contributed by atoms with E-state index in [1.54, 1.807) is 13.8 Å². The first-order valence-corrected chi connectivity index (χ1v) is 6.66. The number of nitrogens with one attached hydrogen (secondary N) is 1. The predicted octanol–water partition coefficient (Wildman–Crippen LogP) is 1.25. The molecule has 1 rings (SSSR count). The fourth-order valence-electron chi connectivity index (χ4n) is 0.677. The Labute approximate surface area is 87.6 Å². The Kier molecular flexibility index (Phi) is 3.43. The Morgan fingerprint density at radius 3 is 2.50 bits per heavy atom. The Morgan fingerprint density at radius 1 is 1.43 bits per heavy atom. The van der Waals surface area contributed by atoms with Crippen LogP contribution in [0.3, 0.4) is 0 Å². The summed E-state index contributed by atoms with van der Waals surface area (Å²) in [6, 6.07) is 0. The summed E-state index contributed by atoms with van der Waals surface area (Å²) in [5, 5.41) is 8.26. The highest BCUT2D eigenvalue weighted by molar-refractivity contribution is 7.93. The monoisotopic (exact) mass is 235 g/mol. The summed E-state index contributed by atoms with van der Waals surface area (Å²) in [6.07, 6.45) is 0.765. The predicted molar refractivity (Wildman–Crippen MR) is 57.0 cm³/mol. The molecule has 0 saturated carbocycles. The number of hydrogen-bond acceptors (Lipinski definition) is 5. The van der Waals surface area contributed by atoms with Crippen molar-refractivity contribution in [2.75, 3.05) is 4.72 Å². The van der Waals surface area contributed by atoms with Crippen LogP contribution in [0.15, 0.2) is 0 Å². The van der Waals surface area contributed by atoms with Crippen LogP contribution in [-0.2, 0) is 16.4 Å². The highest BCUT2D eigenvalue weighted by Crippen LogP contribution is 2.17. The summed E-state index contributed by atoms with van der Waals surface area (Å²) in [4.78, 5) is 0. The molecule has 0 aliphatic heterocycles. The summed E-state index contributed by atoms with van der Waals surface area (Å²) in [6.45, 7) is 5.18. The number of hydrogen-bond donors (Lipinski definition) is 1. The smallest absolute Gasteiger partial charge is 0.236 e. The molecule has 0 unspecified atom stereocenters. The molecular formula is C7H13N3O2S2. The lowest BCUT2D eigenvalue weighted by molar-refractivity contribution is 0.592. The molecule has 80 valence electrons. The SMILES string of the molecule is CCc1nnc(NS(=O)(=O)C(C)C)s1. The van der Waals surface area contributed by atoms with Crippen molar-refractivity contribution in [3.05, 3.63) is 5.01 Å². The molecule has 0 aromatic carbocycles. The summed E-state index contributed by atoms with van der Waals surface area (Å²) in [5.74, 6) is 0. The third-order valence-electron chi connectivity index (χ3n) is 1.62. The van der Waals surface area contributed by atoms with Crippen molar-refractivity contribution in [3.63, 3.8) is 0 Å². The van der Waals surface area contributed by atoms with E-state index in [1.807, 2.05) is 6.92 Å². The topological polar surface area (TPSA) is 72.0 Å². The number of aromatic nitrogens is 2. The van der Waals surface area contributed by atoms with Gasteiger partial charge in [0.15, 0.2) is 0 Å². The molecule has 1 N–H and O–H groups in total. The maximum atomic E-state index is 11.4. The highest BCUT2D eigenvalue weighted by Gasteiger charge is 2.17. The highest BCUT2D eigenvalue weighted by atomic mass is 32.2. The Bertz CT molecular complexity index is 397. The third-order valence-corrected chi connectivity index (χ3v) is 4.45. The van der Waals surface area contributed by atoms with Crippen molar-refractivity contribution >= 4 is 26.5 Å². The zero-order valence-electron chi connectivity index (χ0n) is 8.31. The standard InChI is InChI=1S/C7H13N3O2S2/c1-4-6-8-9-7(13-6)10-14(11,12)5(2)3/h5H,4H2,1-3H3,(H,9,10). The van der Waals surface area contributed by atoms with Gasteiger partial charge in [-0.1, -0.05) is 18.3 Å². The minimum Gasteiger partial charge on any atom is -0.257 e. The van der Waals surface area contributed by atoms with Gasteiger partial charge in [0.2, 0.25) is 15.2 Å². The second-order valence-electron chi connectivity index (χ2n) is 3.05. The summed E-state index contributed by atoms with van der Waals surface area (Å²) in [7, 11) is -3.29. The fraction of sp³-hybridized carbons (Fsp3) is 0.714. The maximum Gasteiger partial charge on any atom is 0.236 e. The van der Waals surface area contributed by atoms with E-state index in [2.05, 4.69) is 14.9 Å². The van der Waals surface area contributed by atoms with Crippen molar-refractivity contribution < 1.29 is 8.42 Å². The van der Waals surface area contributed by atoms with Crippen LogP contribution in [0.1, 0.15) is 25.8 Å². The van der Waals surface area contributed by atoms with Gasteiger partial charge < -0.3 is 0 Å². The van der Waals surface area contributed by atoms with Gasteiger partial charge in [-0.25, -0.2) is 8.42 Å². The number of anilines is 1. The van der Waals surface area contributed by atoms with Gasteiger partial charge in [-0.2, -0.15) is 0 Å². The van der Waals surface area contributed by atoms with Gasteiger partial charge in [-0.05, 0) is 20.3 Å². The second kappa shape index (κ2) is 4.22. The first-order chi connectivity index (χ1) is 6.45. The van der Waals surface area contributed by atoms with Gasteiger partial charge in [0.25, 0.3) is 0 Å². The largest absolute Gasteiger partial charge is 0.257 e.